The predicted octanol–water partition coefficient (Wildman–Crippen LogP) is 2.14. The maximum Gasteiger partial charge on any atom is 0.257 e. The van der Waals surface area contributed by atoms with Gasteiger partial charge < -0.3 is 10.1 Å². The number of hydrogen-bond acceptors (Lipinski definition) is 3. The number of nitrogens with one attached hydrogen (secondary N) is 1. The zero-order valence-electron chi connectivity index (χ0n) is 9.70. The number of aromatic nitrogens is 1. The summed E-state index contributed by atoms with van der Waals surface area (Å²) in [6, 6.07) is 3.46. The number of halogens is 1. The Morgan fingerprint density at radius 1 is 1.65 bits per heavy atom. The molecule has 1 N–H and O–H groups in total. The highest BCUT2D eigenvalue weighted by atomic mass is 79.9. The molecule has 1 fully saturated rings. The monoisotopic (exact) mass is 298 g/mol. The van der Waals surface area contributed by atoms with Gasteiger partial charge in [0.1, 0.15) is 5.56 Å². The summed E-state index contributed by atoms with van der Waals surface area (Å²) in [5.41, 5.74) is 0.403. The molecule has 0 spiro atoms. The Labute approximate surface area is 109 Å². The number of methoxy groups -OCH3 is 1. The number of carbonyl (C=O) groups is 1. The minimum absolute atomic E-state index is 0.0854. The molecule has 17 heavy (non-hydrogen) atoms. The van der Waals surface area contributed by atoms with Crippen molar-refractivity contribution >= 4 is 21.8 Å². The fourth-order valence-electron chi connectivity index (χ4n) is 1.93. The average Bonchev–Trinajstić information content (AvgIpc) is 2.33. The third-order valence-electron chi connectivity index (χ3n) is 3.15. The van der Waals surface area contributed by atoms with E-state index in [9.17, 15) is 4.79 Å². The molecular weight excluding hydrogens is 284 g/mol. The number of rotatable bonds is 4. The van der Waals surface area contributed by atoms with E-state index in [-0.39, 0.29) is 11.4 Å². The lowest BCUT2D eigenvalue weighted by molar-refractivity contribution is 0.0852. The van der Waals surface area contributed by atoms with Crippen molar-refractivity contribution < 1.29 is 9.53 Å². The van der Waals surface area contributed by atoms with E-state index in [1.165, 1.54) is 7.11 Å². The van der Waals surface area contributed by atoms with E-state index in [1.54, 1.807) is 18.3 Å². The predicted molar refractivity (Wildman–Crippen MR) is 68.6 cm³/mol. The molecule has 0 bridgehead atoms. The van der Waals surface area contributed by atoms with Crippen molar-refractivity contribution in [3.05, 3.63) is 23.9 Å². The van der Waals surface area contributed by atoms with Crippen LogP contribution in [0.5, 0.6) is 5.88 Å². The molecule has 1 aliphatic rings. The molecule has 1 aromatic heterocycles. The van der Waals surface area contributed by atoms with Gasteiger partial charge in [-0.25, -0.2) is 4.98 Å². The van der Waals surface area contributed by atoms with Gasteiger partial charge in [0, 0.05) is 11.5 Å². The lowest BCUT2D eigenvalue weighted by atomic mass is 9.78. The fraction of sp³-hybridized carbons (Fsp3) is 0.500. The van der Waals surface area contributed by atoms with Crippen molar-refractivity contribution in [2.24, 2.45) is 0 Å². The highest BCUT2D eigenvalue weighted by Gasteiger charge is 2.37. The average molecular weight is 299 g/mol. The number of amides is 1. The first-order valence-corrected chi connectivity index (χ1v) is 6.70. The van der Waals surface area contributed by atoms with Gasteiger partial charge in [-0.15, -0.1) is 0 Å². The summed E-state index contributed by atoms with van der Waals surface area (Å²) in [6.45, 7) is 0. The normalized spacial score (nSPS) is 17.1. The molecule has 4 nitrogen and oxygen atoms in total. The van der Waals surface area contributed by atoms with Gasteiger partial charge in [-0.05, 0) is 31.4 Å². The van der Waals surface area contributed by atoms with E-state index in [0.29, 0.717) is 11.4 Å². The van der Waals surface area contributed by atoms with Crippen LogP contribution in [0, 0.1) is 0 Å². The lowest BCUT2D eigenvalue weighted by Crippen LogP contribution is -2.54. The van der Waals surface area contributed by atoms with Crippen LogP contribution in [0.3, 0.4) is 0 Å². The van der Waals surface area contributed by atoms with Crippen LogP contribution >= 0.6 is 15.9 Å². The first-order valence-electron chi connectivity index (χ1n) is 5.58. The van der Waals surface area contributed by atoms with Gasteiger partial charge in [-0.1, -0.05) is 15.9 Å². The van der Waals surface area contributed by atoms with Gasteiger partial charge in [0.15, 0.2) is 0 Å². The van der Waals surface area contributed by atoms with Gasteiger partial charge >= 0.3 is 0 Å². The highest BCUT2D eigenvalue weighted by Crippen LogP contribution is 2.34. The molecule has 1 amide bonds. The first-order chi connectivity index (χ1) is 8.21. The highest BCUT2D eigenvalue weighted by molar-refractivity contribution is 9.09. The van der Waals surface area contributed by atoms with E-state index in [4.69, 9.17) is 4.74 Å². The molecule has 0 aromatic carbocycles. The van der Waals surface area contributed by atoms with Crippen molar-refractivity contribution in [3.63, 3.8) is 0 Å². The Morgan fingerprint density at radius 3 is 2.94 bits per heavy atom. The quantitative estimate of drug-likeness (QED) is 0.867. The Balaban J connectivity index is 2.14. The molecular formula is C12H15BrN2O2. The summed E-state index contributed by atoms with van der Waals surface area (Å²) in [7, 11) is 1.52. The zero-order valence-corrected chi connectivity index (χ0v) is 11.3. The van der Waals surface area contributed by atoms with Crippen LogP contribution in [0.1, 0.15) is 29.6 Å². The van der Waals surface area contributed by atoms with E-state index >= 15 is 0 Å². The van der Waals surface area contributed by atoms with Crippen molar-refractivity contribution in [3.8, 4) is 5.88 Å². The Hall–Kier alpha value is -1.10. The van der Waals surface area contributed by atoms with Crippen LogP contribution in [0.2, 0.25) is 0 Å². The second kappa shape index (κ2) is 5.04. The van der Waals surface area contributed by atoms with Crippen LogP contribution in [0.15, 0.2) is 18.3 Å². The molecule has 1 aromatic rings. The molecule has 0 radical (unpaired) electrons. The molecule has 1 aliphatic carbocycles. The Bertz CT molecular complexity index is 413. The molecule has 1 heterocycles. The van der Waals surface area contributed by atoms with Crippen LogP contribution in [0.4, 0.5) is 0 Å². The summed E-state index contributed by atoms with van der Waals surface area (Å²) in [6.07, 6.45) is 4.81. The van der Waals surface area contributed by atoms with Gasteiger partial charge in [0.05, 0.1) is 12.6 Å². The maximum atomic E-state index is 12.1. The Morgan fingerprint density at radius 2 is 2.41 bits per heavy atom. The van der Waals surface area contributed by atoms with Gasteiger partial charge in [0.2, 0.25) is 5.88 Å². The molecule has 0 aliphatic heterocycles. The largest absolute Gasteiger partial charge is 0.480 e. The number of pyridine rings is 1. The molecule has 1 saturated carbocycles. The van der Waals surface area contributed by atoms with E-state index in [0.717, 1.165) is 24.6 Å². The fourth-order valence-corrected chi connectivity index (χ4v) is 2.63. The first kappa shape index (κ1) is 12.4. The van der Waals surface area contributed by atoms with E-state index in [2.05, 4.69) is 26.2 Å². The standard InChI is InChI=1S/C12H15BrN2O2/c1-17-11-9(4-2-7-14-11)10(16)15-12(8-13)5-3-6-12/h2,4,7H,3,5-6,8H2,1H3,(H,15,16). The zero-order chi connectivity index (χ0) is 12.3. The maximum absolute atomic E-state index is 12.1. The van der Waals surface area contributed by atoms with Crippen LogP contribution in [-0.4, -0.2) is 28.9 Å². The van der Waals surface area contributed by atoms with Crippen molar-refractivity contribution in [2.45, 2.75) is 24.8 Å². The van der Waals surface area contributed by atoms with Crippen molar-refractivity contribution in [1.82, 2.24) is 10.3 Å². The third kappa shape index (κ3) is 2.44. The number of ether oxygens (including phenoxy) is 1. The summed E-state index contributed by atoms with van der Waals surface area (Å²) < 4.78 is 5.08. The molecule has 0 atom stereocenters. The summed E-state index contributed by atoms with van der Waals surface area (Å²) in [4.78, 5) is 16.2. The molecule has 92 valence electrons. The van der Waals surface area contributed by atoms with Crippen molar-refractivity contribution in [1.29, 1.82) is 0 Å². The summed E-state index contributed by atoms with van der Waals surface area (Å²) in [5, 5.41) is 3.85. The Kier molecular flexibility index (Phi) is 3.66. The van der Waals surface area contributed by atoms with Crippen LogP contribution in [0.25, 0.3) is 0 Å². The second-order valence-electron chi connectivity index (χ2n) is 4.28. The van der Waals surface area contributed by atoms with E-state index < -0.39 is 0 Å². The third-order valence-corrected chi connectivity index (χ3v) is 4.23. The van der Waals surface area contributed by atoms with E-state index in [1.807, 2.05) is 0 Å². The van der Waals surface area contributed by atoms with Crippen LogP contribution in [-0.2, 0) is 0 Å². The van der Waals surface area contributed by atoms with Gasteiger partial charge in [0.25, 0.3) is 5.91 Å². The lowest BCUT2D eigenvalue weighted by Gasteiger charge is -2.41. The summed E-state index contributed by atoms with van der Waals surface area (Å²) in [5.74, 6) is 0.253. The minimum Gasteiger partial charge on any atom is -0.480 e. The SMILES string of the molecule is COc1ncccc1C(=O)NC1(CBr)CCC1. The minimum atomic E-state index is -0.117. The summed E-state index contributed by atoms with van der Waals surface area (Å²) >= 11 is 3.46. The number of nitrogens with zero attached hydrogens (tertiary/aromatic N) is 1. The molecule has 5 heteroatoms. The number of alkyl halides is 1. The van der Waals surface area contributed by atoms with Gasteiger partial charge in [-0.3, -0.25) is 4.79 Å². The molecule has 0 saturated heterocycles. The topological polar surface area (TPSA) is 51.2 Å². The molecule has 0 unspecified atom stereocenters. The number of carbonyl (C=O) groups excluding carboxylic acids is 1. The van der Waals surface area contributed by atoms with Crippen LogP contribution < -0.4 is 10.1 Å². The van der Waals surface area contributed by atoms with Gasteiger partial charge in [-0.2, -0.15) is 0 Å². The number of hydrogen-bond donors (Lipinski definition) is 1. The van der Waals surface area contributed by atoms with Crippen molar-refractivity contribution in [2.75, 3.05) is 12.4 Å². The smallest absolute Gasteiger partial charge is 0.257 e. The second-order valence-corrected chi connectivity index (χ2v) is 4.84. The molecule has 2 rings (SSSR count).